The molecule has 2 heterocycles. The second-order valence-corrected chi connectivity index (χ2v) is 7.00. The second kappa shape index (κ2) is 7.54. The minimum atomic E-state index is -0.241. The number of aromatic nitrogens is 2. The monoisotopic (exact) mass is 379 g/mol. The van der Waals surface area contributed by atoms with Crippen molar-refractivity contribution in [2.75, 3.05) is 19.0 Å². The first-order valence-corrected chi connectivity index (χ1v) is 9.72. The molecule has 6 heteroatoms. The molecule has 0 spiro atoms. The predicted octanol–water partition coefficient (Wildman–Crippen LogP) is 3.82. The molecule has 2 aromatic carbocycles. The molecular formula is C22H25N3O3. The number of amides is 1. The predicted molar refractivity (Wildman–Crippen MR) is 109 cm³/mol. The van der Waals surface area contributed by atoms with Gasteiger partial charge in [0.05, 0.1) is 24.1 Å². The number of hydrogen-bond acceptors (Lipinski definition) is 4. The number of nitrogens with one attached hydrogen (secondary N) is 1. The summed E-state index contributed by atoms with van der Waals surface area (Å²) in [6.45, 7) is 5.48. The van der Waals surface area contributed by atoms with E-state index in [1.165, 1.54) is 0 Å². The van der Waals surface area contributed by atoms with Crippen LogP contribution in [0.2, 0.25) is 0 Å². The van der Waals surface area contributed by atoms with Gasteiger partial charge >= 0.3 is 0 Å². The molecule has 3 aromatic rings. The summed E-state index contributed by atoms with van der Waals surface area (Å²) < 4.78 is 13.3. The van der Waals surface area contributed by atoms with Crippen LogP contribution >= 0.6 is 0 Å². The number of anilines is 1. The molecule has 1 aliphatic rings. The lowest BCUT2D eigenvalue weighted by molar-refractivity contribution is -0.121. The van der Waals surface area contributed by atoms with E-state index in [0.29, 0.717) is 13.0 Å². The number of methoxy groups -OCH3 is 1. The lowest BCUT2D eigenvalue weighted by Crippen LogP contribution is -2.32. The van der Waals surface area contributed by atoms with Crippen LogP contribution in [-0.2, 0) is 24.2 Å². The van der Waals surface area contributed by atoms with Crippen molar-refractivity contribution in [3.8, 4) is 11.5 Å². The molecule has 1 unspecified atom stereocenters. The Morgan fingerprint density at radius 1 is 1.29 bits per heavy atom. The largest absolute Gasteiger partial charge is 0.497 e. The molecule has 1 amide bonds. The number of fused-ring (bicyclic) bond motifs is 2. The van der Waals surface area contributed by atoms with E-state index in [4.69, 9.17) is 14.5 Å². The van der Waals surface area contributed by atoms with Gasteiger partial charge in [-0.2, -0.15) is 0 Å². The SMILES string of the molecule is CCc1nc2cc(NC(=O)C3COc4ccc(OC)cc4C3)ccc2n1CC. The molecule has 4 rings (SSSR count). The minimum absolute atomic E-state index is 0.0431. The first-order valence-electron chi connectivity index (χ1n) is 9.72. The molecule has 1 atom stereocenters. The number of hydrogen-bond donors (Lipinski definition) is 1. The molecule has 0 bridgehead atoms. The van der Waals surface area contributed by atoms with E-state index in [0.717, 1.165) is 52.6 Å². The van der Waals surface area contributed by atoms with Crippen LogP contribution < -0.4 is 14.8 Å². The number of carbonyl (C=O) groups is 1. The van der Waals surface area contributed by atoms with Gasteiger partial charge in [0, 0.05) is 18.7 Å². The maximum Gasteiger partial charge on any atom is 0.231 e. The van der Waals surface area contributed by atoms with E-state index < -0.39 is 0 Å². The van der Waals surface area contributed by atoms with Crippen LogP contribution in [0.15, 0.2) is 36.4 Å². The highest BCUT2D eigenvalue weighted by molar-refractivity contribution is 5.95. The van der Waals surface area contributed by atoms with E-state index in [2.05, 4.69) is 23.7 Å². The fraction of sp³-hybridized carbons (Fsp3) is 0.364. The van der Waals surface area contributed by atoms with Crippen LogP contribution in [0.1, 0.15) is 25.2 Å². The van der Waals surface area contributed by atoms with Crippen molar-refractivity contribution in [3.63, 3.8) is 0 Å². The molecule has 0 fully saturated rings. The zero-order chi connectivity index (χ0) is 19.7. The average Bonchev–Trinajstić information content (AvgIpc) is 3.09. The average molecular weight is 379 g/mol. The van der Waals surface area contributed by atoms with Crippen molar-refractivity contribution in [1.82, 2.24) is 9.55 Å². The van der Waals surface area contributed by atoms with Gasteiger partial charge in [-0.1, -0.05) is 6.92 Å². The number of benzene rings is 2. The molecule has 6 nitrogen and oxygen atoms in total. The number of carbonyl (C=O) groups excluding carboxylic acids is 1. The first-order chi connectivity index (χ1) is 13.6. The number of rotatable bonds is 5. The summed E-state index contributed by atoms with van der Waals surface area (Å²) in [4.78, 5) is 17.5. The number of aryl methyl sites for hydroxylation is 2. The van der Waals surface area contributed by atoms with Crippen molar-refractivity contribution >= 4 is 22.6 Å². The molecule has 0 saturated heterocycles. The summed E-state index contributed by atoms with van der Waals surface area (Å²) in [5, 5.41) is 3.03. The molecule has 146 valence electrons. The summed E-state index contributed by atoms with van der Waals surface area (Å²) in [6, 6.07) is 11.6. The molecule has 1 N–H and O–H groups in total. The summed E-state index contributed by atoms with van der Waals surface area (Å²) in [5.74, 6) is 2.37. The topological polar surface area (TPSA) is 65.4 Å². The van der Waals surface area contributed by atoms with Crippen molar-refractivity contribution in [2.24, 2.45) is 5.92 Å². The molecule has 1 aromatic heterocycles. The Morgan fingerprint density at radius 3 is 2.89 bits per heavy atom. The van der Waals surface area contributed by atoms with Gasteiger partial charge in [0.2, 0.25) is 5.91 Å². The van der Waals surface area contributed by atoms with Gasteiger partial charge in [-0.05, 0) is 55.3 Å². The highest BCUT2D eigenvalue weighted by Crippen LogP contribution is 2.31. The third-order valence-electron chi connectivity index (χ3n) is 5.27. The quantitative estimate of drug-likeness (QED) is 0.732. The summed E-state index contributed by atoms with van der Waals surface area (Å²) >= 11 is 0. The molecule has 0 saturated carbocycles. The fourth-order valence-electron chi connectivity index (χ4n) is 3.79. The van der Waals surface area contributed by atoms with Crippen LogP contribution in [-0.4, -0.2) is 29.2 Å². The van der Waals surface area contributed by atoms with Gasteiger partial charge in [-0.3, -0.25) is 4.79 Å². The van der Waals surface area contributed by atoms with E-state index in [-0.39, 0.29) is 11.8 Å². The van der Waals surface area contributed by atoms with Crippen LogP contribution in [0.25, 0.3) is 11.0 Å². The zero-order valence-electron chi connectivity index (χ0n) is 16.5. The Morgan fingerprint density at radius 2 is 2.14 bits per heavy atom. The van der Waals surface area contributed by atoms with Gasteiger partial charge in [-0.15, -0.1) is 0 Å². The summed E-state index contributed by atoms with van der Waals surface area (Å²) in [5.41, 5.74) is 3.76. The minimum Gasteiger partial charge on any atom is -0.497 e. The third kappa shape index (κ3) is 3.30. The smallest absolute Gasteiger partial charge is 0.231 e. The Balaban J connectivity index is 1.52. The Labute approximate surface area is 164 Å². The third-order valence-corrected chi connectivity index (χ3v) is 5.27. The van der Waals surface area contributed by atoms with Gasteiger partial charge in [0.1, 0.15) is 23.9 Å². The highest BCUT2D eigenvalue weighted by Gasteiger charge is 2.26. The van der Waals surface area contributed by atoms with E-state index >= 15 is 0 Å². The van der Waals surface area contributed by atoms with Crippen LogP contribution in [0.5, 0.6) is 11.5 Å². The summed E-state index contributed by atoms with van der Waals surface area (Å²) in [7, 11) is 1.63. The normalized spacial score (nSPS) is 15.8. The Hall–Kier alpha value is -3.02. The van der Waals surface area contributed by atoms with Crippen LogP contribution in [0.4, 0.5) is 5.69 Å². The van der Waals surface area contributed by atoms with Gasteiger partial charge in [0.25, 0.3) is 0 Å². The zero-order valence-corrected chi connectivity index (χ0v) is 16.5. The second-order valence-electron chi connectivity index (χ2n) is 7.00. The van der Waals surface area contributed by atoms with Crippen molar-refractivity contribution in [3.05, 3.63) is 47.8 Å². The number of ether oxygens (including phenoxy) is 2. The van der Waals surface area contributed by atoms with E-state index in [9.17, 15) is 4.79 Å². The Kier molecular flexibility index (Phi) is 4.94. The molecule has 0 radical (unpaired) electrons. The van der Waals surface area contributed by atoms with Crippen molar-refractivity contribution in [1.29, 1.82) is 0 Å². The molecular weight excluding hydrogens is 354 g/mol. The summed E-state index contributed by atoms with van der Waals surface area (Å²) in [6.07, 6.45) is 1.51. The standard InChI is InChI=1S/C22H25N3O3/c1-4-21-24-18-12-16(6-8-19(18)25(21)5-2)23-22(26)15-10-14-11-17(27-3)7-9-20(14)28-13-15/h6-9,11-12,15H,4-5,10,13H2,1-3H3,(H,23,26). The first kappa shape index (κ1) is 18.3. The lowest BCUT2D eigenvalue weighted by atomic mass is 9.95. The highest BCUT2D eigenvalue weighted by atomic mass is 16.5. The van der Waals surface area contributed by atoms with Gasteiger partial charge < -0.3 is 19.4 Å². The maximum atomic E-state index is 12.8. The maximum absolute atomic E-state index is 12.8. The lowest BCUT2D eigenvalue weighted by Gasteiger charge is -2.25. The molecule has 1 aliphatic heterocycles. The van der Waals surface area contributed by atoms with E-state index in [1.54, 1.807) is 7.11 Å². The van der Waals surface area contributed by atoms with Gasteiger partial charge in [0.15, 0.2) is 0 Å². The number of nitrogens with zero attached hydrogens (tertiary/aromatic N) is 2. The van der Waals surface area contributed by atoms with Crippen LogP contribution in [0.3, 0.4) is 0 Å². The molecule has 28 heavy (non-hydrogen) atoms. The Bertz CT molecular complexity index is 1030. The van der Waals surface area contributed by atoms with Crippen molar-refractivity contribution < 1.29 is 14.3 Å². The van der Waals surface area contributed by atoms with Gasteiger partial charge in [-0.25, -0.2) is 4.98 Å². The number of imidazole rings is 1. The molecule has 0 aliphatic carbocycles. The fourth-order valence-corrected chi connectivity index (χ4v) is 3.79. The van der Waals surface area contributed by atoms with Crippen molar-refractivity contribution in [2.45, 2.75) is 33.2 Å². The van der Waals surface area contributed by atoms with E-state index in [1.807, 2.05) is 36.4 Å². The van der Waals surface area contributed by atoms with Crippen LogP contribution in [0, 0.1) is 5.92 Å².